The molecule has 1 atom stereocenters. The number of nitrogen functional groups attached to an aromatic ring is 1. The number of nitrogens with zero attached hydrogens (tertiary/aromatic N) is 1. The van der Waals surface area contributed by atoms with Crippen molar-refractivity contribution in [2.75, 3.05) is 37.9 Å². The highest BCUT2D eigenvalue weighted by Gasteiger charge is 2.21. The maximum absolute atomic E-state index is 11.8. The van der Waals surface area contributed by atoms with Gasteiger partial charge in [-0.25, -0.2) is 0 Å². The van der Waals surface area contributed by atoms with Crippen LogP contribution in [0.2, 0.25) is 0 Å². The van der Waals surface area contributed by atoms with E-state index in [1.807, 2.05) is 11.9 Å². The minimum atomic E-state index is -0.0193. The van der Waals surface area contributed by atoms with Gasteiger partial charge in [-0.05, 0) is 37.7 Å². The second kappa shape index (κ2) is 5.84. The Kier molecular flexibility index (Phi) is 4.17. The molecule has 0 bridgehead atoms. The molecule has 1 unspecified atom stereocenters. The minimum absolute atomic E-state index is 0.0193. The van der Waals surface area contributed by atoms with Gasteiger partial charge in [0.25, 0.3) is 0 Å². The molecule has 1 aromatic rings. The van der Waals surface area contributed by atoms with Crippen molar-refractivity contribution in [1.82, 2.24) is 4.90 Å². The topological polar surface area (TPSA) is 67.6 Å². The van der Waals surface area contributed by atoms with Crippen molar-refractivity contribution in [2.24, 2.45) is 0 Å². The third-order valence-electron chi connectivity index (χ3n) is 3.12. The predicted octanol–water partition coefficient (Wildman–Crippen LogP) is 0.928. The Morgan fingerprint density at radius 2 is 2.22 bits per heavy atom. The molecular formula is C13H19N3O2. The molecule has 0 spiro atoms. The van der Waals surface area contributed by atoms with Crippen molar-refractivity contribution in [1.29, 1.82) is 0 Å². The summed E-state index contributed by atoms with van der Waals surface area (Å²) in [6.07, 6.45) is 0.992. The fourth-order valence-electron chi connectivity index (χ4n) is 1.99. The van der Waals surface area contributed by atoms with Crippen LogP contribution in [0.1, 0.15) is 6.42 Å². The van der Waals surface area contributed by atoms with Gasteiger partial charge in [0.1, 0.15) is 0 Å². The van der Waals surface area contributed by atoms with Crippen molar-refractivity contribution in [3.05, 3.63) is 24.3 Å². The first-order valence-electron chi connectivity index (χ1n) is 6.08. The van der Waals surface area contributed by atoms with Gasteiger partial charge in [0.05, 0.1) is 13.2 Å². The largest absolute Gasteiger partial charge is 0.399 e. The summed E-state index contributed by atoms with van der Waals surface area (Å²) < 4.78 is 5.30. The first-order chi connectivity index (χ1) is 8.65. The molecule has 1 heterocycles. The fraction of sp³-hybridized carbons (Fsp3) is 0.462. The molecule has 1 amide bonds. The molecule has 0 aliphatic carbocycles. The van der Waals surface area contributed by atoms with E-state index in [1.165, 1.54) is 0 Å². The van der Waals surface area contributed by atoms with Crippen molar-refractivity contribution in [2.45, 2.75) is 12.5 Å². The van der Waals surface area contributed by atoms with E-state index >= 15 is 0 Å². The number of likely N-dealkylation sites (N-methyl/N-ethyl adjacent to an activating group) is 1. The number of ether oxygens (including phenoxy) is 1. The SMILES string of the molecule is CN(CC(=O)Nc1ccc(N)cc1)C1CCOC1. The Bertz CT molecular complexity index is 399. The molecule has 0 aromatic heterocycles. The first kappa shape index (κ1) is 12.9. The number of amides is 1. The van der Waals surface area contributed by atoms with Gasteiger partial charge in [0, 0.05) is 24.0 Å². The summed E-state index contributed by atoms with van der Waals surface area (Å²) in [6, 6.07) is 7.48. The van der Waals surface area contributed by atoms with E-state index < -0.39 is 0 Å². The zero-order valence-corrected chi connectivity index (χ0v) is 10.6. The van der Waals surface area contributed by atoms with Crippen LogP contribution in [0, 0.1) is 0 Å². The second-order valence-electron chi connectivity index (χ2n) is 4.60. The average Bonchev–Trinajstić information content (AvgIpc) is 2.85. The number of anilines is 2. The normalized spacial score (nSPS) is 19.1. The van der Waals surface area contributed by atoms with Crippen LogP contribution in [-0.4, -0.2) is 43.7 Å². The van der Waals surface area contributed by atoms with Gasteiger partial charge in [-0.3, -0.25) is 9.69 Å². The van der Waals surface area contributed by atoms with Gasteiger partial charge in [0.2, 0.25) is 5.91 Å². The van der Waals surface area contributed by atoms with Crippen LogP contribution in [0.5, 0.6) is 0 Å². The van der Waals surface area contributed by atoms with E-state index in [0.717, 1.165) is 18.7 Å². The van der Waals surface area contributed by atoms with Gasteiger partial charge in [0.15, 0.2) is 0 Å². The Morgan fingerprint density at radius 1 is 1.50 bits per heavy atom. The number of carbonyl (C=O) groups excluding carboxylic acids is 1. The molecule has 0 radical (unpaired) electrons. The monoisotopic (exact) mass is 249 g/mol. The number of nitrogens with one attached hydrogen (secondary N) is 1. The van der Waals surface area contributed by atoms with E-state index in [2.05, 4.69) is 5.32 Å². The fourth-order valence-corrected chi connectivity index (χ4v) is 1.99. The van der Waals surface area contributed by atoms with Gasteiger partial charge < -0.3 is 15.8 Å². The Balaban J connectivity index is 1.82. The smallest absolute Gasteiger partial charge is 0.238 e. The number of benzene rings is 1. The third kappa shape index (κ3) is 3.45. The highest BCUT2D eigenvalue weighted by atomic mass is 16.5. The molecule has 98 valence electrons. The number of carbonyl (C=O) groups is 1. The molecule has 1 fully saturated rings. The van der Waals surface area contributed by atoms with Crippen LogP contribution in [0.25, 0.3) is 0 Å². The zero-order valence-electron chi connectivity index (χ0n) is 10.6. The van der Waals surface area contributed by atoms with Crippen molar-refractivity contribution in [3.8, 4) is 0 Å². The molecule has 3 N–H and O–H groups in total. The van der Waals surface area contributed by atoms with Crippen LogP contribution < -0.4 is 11.1 Å². The Morgan fingerprint density at radius 3 is 2.83 bits per heavy atom. The van der Waals surface area contributed by atoms with Crippen LogP contribution in [0.15, 0.2) is 24.3 Å². The van der Waals surface area contributed by atoms with E-state index in [-0.39, 0.29) is 5.91 Å². The molecule has 1 aliphatic heterocycles. The van der Waals surface area contributed by atoms with E-state index in [4.69, 9.17) is 10.5 Å². The Labute approximate surface area is 107 Å². The van der Waals surface area contributed by atoms with Crippen LogP contribution in [0.3, 0.4) is 0 Å². The van der Waals surface area contributed by atoms with Crippen LogP contribution in [0.4, 0.5) is 11.4 Å². The Hall–Kier alpha value is -1.59. The summed E-state index contributed by atoms with van der Waals surface area (Å²) in [5.41, 5.74) is 7.04. The number of hydrogen-bond donors (Lipinski definition) is 2. The summed E-state index contributed by atoms with van der Waals surface area (Å²) in [5, 5.41) is 2.85. The maximum Gasteiger partial charge on any atom is 0.238 e. The lowest BCUT2D eigenvalue weighted by Gasteiger charge is -2.21. The molecular weight excluding hydrogens is 230 g/mol. The molecule has 1 aliphatic rings. The molecule has 0 saturated carbocycles. The van der Waals surface area contributed by atoms with E-state index in [1.54, 1.807) is 24.3 Å². The number of hydrogen-bond acceptors (Lipinski definition) is 4. The van der Waals surface area contributed by atoms with Crippen molar-refractivity contribution in [3.63, 3.8) is 0 Å². The zero-order chi connectivity index (χ0) is 13.0. The first-order valence-corrected chi connectivity index (χ1v) is 6.08. The van der Waals surface area contributed by atoms with E-state index in [9.17, 15) is 4.79 Å². The summed E-state index contributed by atoms with van der Waals surface area (Å²) in [4.78, 5) is 13.9. The van der Waals surface area contributed by atoms with Gasteiger partial charge >= 0.3 is 0 Å². The average molecular weight is 249 g/mol. The molecule has 1 aromatic carbocycles. The van der Waals surface area contributed by atoms with Gasteiger partial charge in [-0.1, -0.05) is 0 Å². The minimum Gasteiger partial charge on any atom is -0.399 e. The van der Waals surface area contributed by atoms with Crippen molar-refractivity contribution >= 4 is 17.3 Å². The summed E-state index contributed by atoms with van der Waals surface area (Å²) in [6.45, 7) is 1.87. The lowest BCUT2D eigenvalue weighted by molar-refractivity contribution is -0.117. The quantitative estimate of drug-likeness (QED) is 0.779. The van der Waals surface area contributed by atoms with Gasteiger partial charge in [-0.2, -0.15) is 0 Å². The molecule has 2 rings (SSSR count). The molecule has 5 nitrogen and oxygen atoms in total. The van der Waals surface area contributed by atoms with E-state index in [0.29, 0.717) is 24.9 Å². The molecule has 18 heavy (non-hydrogen) atoms. The van der Waals surface area contributed by atoms with Crippen LogP contribution >= 0.6 is 0 Å². The molecule has 1 saturated heterocycles. The highest BCUT2D eigenvalue weighted by Crippen LogP contribution is 2.12. The maximum atomic E-state index is 11.8. The number of nitrogens with two attached hydrogens (primary N) is 1. The molecule has 5 heteroatoms. The van der Waals surface area contributed by atoms with Crippen molar-refractivity contribution < 1.29 is 9.53 Å². The lowest BCUT2D eigenvalue weighted by atomic mass is 10.2. The summed E-state index contributed by atoms with van der Waals surface area (Å²) >= 11 is 0. The number of rotatable bonds is 4. The highest BCUT2D eigenvalue weighted by molar-refractivity contribution is 5.92. The summed E-state index contributed by atoms with van der Waals surface area (Å²) in [5.74, 6) is -0.0193. The standard InChI is InChI=1S/C13H19N3O2/c1-16(12-6-7-18-9-12)8-13(17)15-11-4-2-10(14)3-5-11/h2-5,12H,6-9,14H2,1H3,(H,15,17). The van der Waals surface area contributed by atoms with Crippen LogP contribution in [-0.2, 0) is 9.53 Å². The summed E-state index contributed by atoms with van der Waals surface area (Å²) in [7, 11) is 1.95. The van der Waals surface area contributed by atoms with Gasteiger partial charge in [-0.15, -0.1) is 0 Å². The predicted molar refractivity (Wildman–Crippen MR) is 71.3 cm³/mol. The lowest BCUT2D eigenvalue weighted by Crippen LogP contribution is -2.38. The third-order valence-corrected chi connectivity index (χ3v) is 3.12. The second-order valence-corrected chi connectivity index (χ2v) is 4.60.